The van der Waals surface area contributed by atoms with Crippen LogP contribution in [0.3, 0.4) is 0 Å². The molecule has 27 heavy (non-hydrogen) atoms. The molecule has 0 saturated heterocycles. The summed E-state index contributed by atoms with van der Waals surface area (Å²) in [4.78, 5) is 11.7. The highest BCUT2D eigenvalue weighted by molar-refractivity contribution is 6.30. The van der Waals surface area contributed by atoms with Gasteiger partial charge in [0.2, 0.25) is 5.95 Å². The highest BCUT2D eigenvalue weighted by atomic mass is 35.5. The van der Waals surface area contributed by atoms with E-state index in [1.807, 2.05) is 31.2 Å². The van der Waals surface area contributed by atoms with Gasteiger partial charge < -0.3 is 15.5 Å². The van der Waals surface area contributed by atoms with Gasteiger partial charge in [0.25, 0.3) is 0 Å². The number of nitrogens with one attached hydrogen (secondary N) is 2. The number of anilines is 3. The average molecular weight is 390 g/mol. The lowest BCUT2D eigenvalue weighted by atomic mass is 10.1. The van der Waals surface area contributed by atoms with E-state index < -0.39 is 0 Å². The van der Waals surface area contributed by atoms with E-state index in [0.29, 0.717) is 17.0 Å². The summed E-state index contributed by atoms with van der Waals surface area (Å²) in [5, 5.41) is 7.53. The SMILES string of the molecule is CCN(CC)CCCC(C)Nc1nc(Nc2ccc(Cl)cc2)nc(C)c1C. The molecule has 1 heterocycles. The van der Waals surface area contributed by atoms with Crippen LogP contribution in [0.2, 0.25) is 5.02 Å². The predicted octanol–water partition coefficient (Wildman–Crippen LogP) is 5.41. The fourth-order valence-electron chi connectivity index (χ4n) is 2.95. The molecule has 0 fully saturated rings. The lowest BCUT2D eigenvalue weighted by Crippen LogP contribution is -2.26. The van der Waals surface area contributed by atoms with Crippen LogP contribution in [0.15, 0.2) is 24.3 Å². The molecule has 148 valence electrons. The second-order valence-corrected chi connectivity index (χ2v) is 7.39. The van der Waals surface area contributed by atoms with Gasteiger partial charge in [-0.25, -0.2) is 4.98 Å². The van der Waals surface area contributed by atoms with Gasteiger partial charge in [-0.2, -0.15) is 4.98 Å². The third kappa shape index (κ3) is 6.67. The van der Waals surface area contributed by atoms with Crippen LogP contribution >= 0.6 is 11.6 Å². The van der Waals surface area contributed by atoms with Crippen LogP contribution in [0.5, 0.6) is 0 Å². The van der Waals surface area contributed by atoms with Crippen molar-refractivity contribution in [1.29, 1.82) is 0 Å². The molecule has 0 bridgehead atoms. The highest BCUT2D eigenvalue weighted by Crippen LogP contribution is 2.22. The van der Waals surface area contributed by atoms with Crippen molar-refractivity contribution in [3.05, 3.63) is 40.5 Å². The lowest BCUT2D eigenvalue weighted by molar-refractivity contribution is 0.295. The summed E-state index contributed by atoms with van der Waals surface area (Å²) in [5.41, 5.74) is 2.98. The van der Waals surface area contributed by atoms with Crippen LogP contribution in [0.4, 0.5) is 17.5 Å². The zero-order valence-corrected chi connectivity index (χ0v) is 17.9. The molecule has 0 aliphatic heterocycles. The van der Waals surface area contributed by atoms with Crippen molar-refractivity contribution in [2.75, 3.05) is 30.3 Å². The Morgan fingerprint density at radius 1 is 1.07 bits per heavy atom. The molecule has 1 atom stereocenters. The maximum atomic E-state index is 5.95. The Morgan fingerprint density at radius 3 is 2.37 bits per heavy atom. The van der Waals surface area contributed by atoms with Gasteiger partial charge in [0, 0.05) is 28.0 Å². The number of hydrogen-bond acceptors (Lipinski definition) is 5. The van der Waals surface area contributed by atoms with Gasteiger partial charge in [-0.05, 0) is 77.5 Å². The van der Waals surface area contributed by atoms with E-state index in [1.165, 1.54) is 6.42 Å². The van der Waals surface area contributed by atoms with E-state index in [1.54, 1.807) is 0 Å². The molecule has 0 spiro atoms. The van der Waals surface area contributed by atoms with Crippen LogP contribution in [-0.2, 0) is 0 Å². The van der Waals surface area contributed by atoms with Gasteiger partial charge in [0.1, 0.15) is 5.82 Å². The molecule has 2 rings (SSSR count). The Labute approximate surface area is 168 Å². The first-order valence-corrected chi connectivity index (χ1v) is 10.2. The lowest BCUT2D eigenvalue weighted by Gasteiger charge is -2.21. The summed E-state index contributed by atoms with van der Waals surface area (Å²) < 4.78 is 0. The van der Waals surface area contributed by atoms with E-state index in [2.05, 4.69) is 53.2 Å². The van der Waals surface area contributed by atoms with Gasteiger partial charge >= 0.3 is 0 Å². The smallest absolute Gasteiger partial charge is 0.229 e. The predicted molar refractivity (Wildman–Crippen MR) is 116 cm³/mol. The second kappa shape index (κ2) is 10.5. The molecule has 6 heteroatoms. The van der Waals surface area contributed by atoms with Crippen molar-refractivity contribution in [2.45, 2.75) is 53.5 Å². The fourth-order valence-corrected chi connectivity index (χ4v) is 3.08. The first-order chi connectivity index (χ1) is 12.9. The van der Waals surface area contributed by atoms with Crippen molar-refractivity contribution < 1.29 is 0 Å². The number of aryl methyl sites for hydroxylation is 1. The van der Waals surface area contributed by atoms with E-state index >= 15 is 0 Å². The first-order valence-electron chi connectivity index (χ1n) is 9.79. The normalized spacial score (nSPS) is 12.3. The maximum absolute atomic E-state index is 5.95. The largest absolute Gasteiger partial charge is 0.367 e. The minimum absolute atomic E-state index is 0.358. The summed E-state index contributed by atoms with van der Waals surface area (Å²) in [7, 11) is 0. The average Bonchev–Trinajstić information content (AvgIpc) is 2.65. The number of rotatable bonds is 10. The van der Waals surface area contributed by atoms with Gasteiger partial charge in [-0.15, -0.1) is 0 Å². The number of hydrogen-bond donors (Lipinski definition) is 2. The minimum Gasteiger partial charge on any atom is -0.367 e. The third-order valence-electron chi connectivity index (χ3n) is 4.88. The number of halogens is 1. The minimum atomic E-state index is 0.358. The Bertz CT molecular complexity index is 713. The Hall–Kier alpha value is -1.85. The Kier molecular flexibility index (Phi) is 8.32. The summed E-state index contributed by atoms with van der Waals surface area (Å²) in [6.07, 6.45) is 2.29. The summed E-state index contributed by atoms with van der Waals surface area (Å²) in [6, 6.07) is 7.90. The van der Waals surface area contributed by atoms with E-state index in [0.717, 1.165) is 48.8 Å². The number of nitrogens with zero attached hydrogens (tertiary/aromatic N) is 3. The summed E-state index contributed by atoms with van der Waals surface area (Å²) in [5.74, 6) is 1.49. The van der Waals surface area contributed by atoms with Gasteiger partial charge in [-0.1, -0.05) is 25.4 Å². The molecule has 0 aliphatic carbocycles. The Morgan fingerprint density at radius 2 is 1.74 bits per heavy atom. The summed E-state index contributed by atoms with van der Waals surface area (Å²) >= 11 is 5.95. The van der Waals surface area contributed by atoms with Gasteiger partial charge in [0.15, 0.2) is 0 Å². The fraction of sp³-hybridized carbons (Fsp3) is 0.524. The van der Waals surface area contributed by atoms with E-state index in [-0.39, 0.29) is 0 Å². The van der Waals surface area contributed by atoms with Crippen molar-refractivity contribution >= 4 is 29.1 Å². The summed E-state index contributed by atoms with van der Waals surface area (Å²) in [6.45, 7) is 14.1. The van der Waals surface area contributed by atoms with E-state index in [9.17, 15) is 0 Å². The van der Waals surface area contributed by atoms with Crippen molar-refractivity contribution in [2.24, 2.45) is 0 Å². The second-order valence-electron chi connectivity index (χ2n) is 6.95. The van der Waals surface area contributed by atoms with Crippen LogP contribution in [0, 0.1) is 13.8 Å². The van der Waals surface area contributed by atoms with Gasteiger partial charge in [-0.3, -0.25) is 0 Å². The first kappa shape index (κ1) is 21.5. The van der Waals surface area contributed by atoms with Crippen LogP contribution in [-0.4, -0.2) is 40.5 Å². The third-order valence-corrected chi connectivity index (χ3v) is 5.13. The van der Waals surface area contributed by atoms with E-state index in [4.69, 9.17) is 11.6 Å². The van der Waals surface area contributed by atoms with Crippen molar-refractivity contribution in [1.82, 2.24) is 14.9 Å². The molecule has 2 N–H and O–H groups in total. The number of benzene rings is 1. The highest BCUT2D eigenvalue weighted by Gasteiger charge is 2.11. The Balaban J connectivity index is 2.01. The molecule has 1 aromatic carbocycles. The molecular weight excluding hydrogens is 358 g/mol. The molecule has 5 nitrogen and oxygen atoms in total. The molecule has 1 aromatic heterocycles. The zero-order valence-electron chi connectivity index (χ0n) is 17.1. The van der Waals surface area contributed by atoms with Crippen molar-refractivity contribution in [3.8, 4) is 0 Å². The van der Waals surface area contributed by atoms with Crippen molar-refractivity contribution in [3.63, 3.8) is 0 Å². The standard InChI is InChI=1S/C21H32ClN5/c1-6-27(7-2)14-8-9-15(3)23-20-16(4)17(5)24-21(26-20)25-19-12-10-18(22)11-13-19/h10-13,15H,6-9,14H2,1-5H3,(H2,23,24,25,26). The zero-order chi connectivity index (χ0) is 19.8. The molecule has 0 radical (unpaired) electrons. The topological polar surface area (TPSA) is 53.1 Å². The van der Waals surface area contributed by atoms with Crippen LogP contribution < -0.4 is 10.6 Å². The molecule has 1 unspecified atom stereocenters. The van der Waals surface area contributed by atoms with Crippen LogP contribution in [0.25, 0.3) is 0 Å². The monoisotopic (exact) mass is 389 g/mol. The van der Waals surface area contributed by atoms with Gasteiger partial charge in [0.05, 0.1) is 0 Å². The molecule has 0 saturated carbocycles. The molecule has 0 amide bonds. The molecular formula is C21H32ClN5. The maximum Gasteiger partial charge on any atom is 0.229 e. The molecule has 2 aromatic rings. The number of aromatic nitrogens is 2. The molecule has 0 aliphatic rings. The quantitative estimate of drug-likeness (QED) is 0.568. The van der Waals surface area contributed by atoms with Crippen LogP contribution in [0.1, 0.15) is 44.9 Å².